The van der Waals surface area contributed by atoms with E-state index in [9.17, 15) is 0 Å². The Morgan fingerprint density at radius 1 is 1.41 bits per heavy atom. The minimum absolute atomic E-state index is 0.222. The van der Waals surface area contributed by atoms with E-state index in [0.29, 0.717) is 12.1 Å². The normalized spacial score (nSPS) is 27.5. The van der Waals surface area contributed by atoms with Crippen LogP contribution in [0.25, 0.3) is 0 Å². The van der Waals surface area contributed by atoms with Crippen molar-refractivity contribution in [3.05, 3.63) is 0 Å². The number of hydrogen-bond donors (Lipinski definition) is 1. The molecule has 0 radical (unpaired) electrons. The lowest BCUT2D eigenvalue weighted by Crippen LogP contribution is -2.55. The molecule has 3 heteroatoms. The van der Waals surface area contributed by atoms with Crippen molar-refractivity contribution in [3.8, 4) is 0 Å². The van der Waals surface area contributed by atoms with Gasteiger partial charge in [-0.1, -0.05) is 27.7 Å². The van der Waals surface area contributed by atoms with E-state index in [0.717, 1.165) is 32.5 Å². The molecule has 1 rings (SSSR count). The van der Waals surface area contributed by atoms with E-state index in [-0.39, 0.29) is 11.5 Å². The molecule has 1 fully saturated rings. The van der Waals surface area contributed by atoms with Crippen LogP contribution in [0.15, 0.2) is 0 Å². The Morgan fingerprint density at radius 2 is 2.06 bits per heavy atom. The lowest BCUT2D eigenvalue weighted by Gasteiger charge is -2.43. The summed E-state index contributed by atoms with van der Waals surface area (Å²) in [6, 6.07) is 0.692. The fourth-order valence-electron chi connectivity index (χ4n) is 2.96. The van der Waals surface area contributed by atoms with Crippen LogP contribution in [0.2, 0.25) is 0 Å². The van der Waals surface area contributed by atoms with Gasteiger partial charge >= 0.3 is 0 Å². The van der Waals surface area contributed by atoms with Gasteiger partial charge in [-0.3, -0.25) is 4.90 Å². The standard InChI is InChI=1S/C14H30N2O/c1-6-12(15)13(14(3,4)5)16-8-7-9-17-11(2)10-16/h11-13H,6-10,15H2,1-5H3. The molecule has 0 amide bonds. The third-order valence-corrected chi connectivity index (χ3v) is 3.64. The van der Waals surface area contributed by atoms with Crippen LogP contribution in [-0.4, -0.2) is 42.8 Å². The predicted molar refractivity (Wildman–Crippen MR) is 73.1 cm³/mol. The summed E-state index contributed by atoms with van der Waals surface area (Å²) in [5.41, 5.74) is 6.57. The molecule has 2 N–H and O–H groups in total. The van der Waals surface area contributed by atoms with Gasteiger partial charge in [0.05, 0.1) is 6.10 Å². The smallest absolute Gasteiger partial charge is 0.0674 e. The molecule has 1 aliphatic heterocycles. The van der Waals surface area contributed by atoms with E-state index in [1.54, 1.807) is 0 Å². The second-order valence-corrected chi connectivity index (χ2v) is 6.41. The number of hydrogen-bond acceptors (Lipinski definition) is 3. The minimum Gasteiger partial charge on any atom is -0.377 e. The first-order valence-corrected chi connectivity index (χ1v) is 6.97. The quantitative estimate of drug-likeness (QED) is 0.825. The second kappa shape index (κ2) is 6.17. The fraction of sp³-hybridized carbons (Fsp3) is 1.00. The van der Waals surface area contributed by atoms with E-state index < -0.39 is 0 Å². The summed E-state index contributed by atoms with van der Waals surface area (Å²) in [5.74, 6) is 0. The van der Waals surface area contributed by atoms with Crippen molar-refractivity contribution >= 4 is 0 Å². The number of ether oxygens (including phenoxy) is 1. The minimum atomic E-state index is 0.222. The Balaban J connectivity index is 2.81. The molecule has 3 atom stereocenters. The highest BCUT2D eigenvalue weighted by Gasteiger charge is 2.35. The Labute approximate surface area is 107 Å². The average Bonchev–Trinajstić information content (AvgIpc) is 2.41. The zero-order valence-corrected chi connectivity index (χ0v) is 12.2. The summed E-state index contributed by atoms with van der Waals surface area (Å²) in [7, 11) is 0. The van der Waals surface area contributed by atoms with Gasteiger partial charge < -0.3 is 10.5 Å². The highest BCUT2D eigenvalue weighted by molar-refractivity contribution is 4.91. The van der Waals surface area contributed by atoms with Crippen molar-refractivity contribution in [1.29, 1.82) is 0 Å². The molecule has 0 aliphatic carbocycles. The zero-order valence-electron chi connectivity index (χ0n) is 12.2. The maximum absolute atomic E-state index is 6.35. The van der Waals surface area contributed by atoms with E-state index >= 15 is 0 Å². The predicted octanol–water partition coefficient (Wildman–Crippen LogP) is 2.25. The SMILES string of the molecule is CCC(N)C(N1CCCOC(C)C1)C(C)(C)C. The van der Waals surface area contributed by atoms with Crippen LogP contribution in [0, 0.1) is 5.41 Å². The third kappa shape index (κ3) is 4.23. The molecule has 3 nitrogen and oxygen atoms in total. The largest absolute Gasteiger partial charge is 0.377 e. The number of rotatable bonds is 3. The summed E-state index contributed by atoms with van der Waals surface area (Å²) < 4.78 is 5.73. The molecule has 17 heavy (non-hydrogen) atoms. The molecule has 0 bridgehead atoms. The van der Waals surface area contributed by atoms with Crippen LogP contribution >= 0.6 is 0 Å². The van der Waals surface area contributed by atoms with E-state index in [4.69, 9.17) is 10.5 Å². The summed E-state index contributed by atoms with van der Waals surface area (Å²) in [6.45, 7) is 14.2. The van der Waals surface area contributed by atoms with Crippen LogP contribution in [0.3, 0.4) is 0 Å². The number of nitrogens with two attached hydrogens (primary N) is 1. The molecule has 0 aromatic carbocycles. The van der Waals surface area contributed by atoms with Gasteiger partial charge in [-0.15, -0.1) is 0 Å². The van der Waals surface area contributed by atoms with Crippen LogP contribution in [0.1, 0.15) is 47.5 Å². The van der Waals surface area contributed by atoms with Gasteiger partial charge in [0.1, 0.15) is 0 Å². The molecule has 0 aromatic rings. The molecule has 0 spiro atoms. The van der Waals surface area contributed by atoms with Crippen molar-refractivity contribution < 1.29 is 4.74 Å². The molecule has 3 unspecified atom stereocenters. The van der Waals surface area contributed by atoms with Gasteiger partial charge in [0, 0.05) is 31.8 Å². The molecular weight excluding hydrogens is 212 g/mol. The average molecular weight is 242 g/mol. The van der Waals surface area contributed by atoms with Gasteiger partial charge in [-0.25, -0.2) is 0 Å². The van der Waals surface area contributed by atoms with Gasteiger partial charge in [-0.2, -0.15) is 0 Å². The Bertz CT molecular complexity index is 225. The Kier molecular flexibility index (Phi) is 5.42. The lowest BCUT2D eigenvalue weighted by molar-refractivity contribution is 0.0342. The third-order valence-electron chi connectivity index (χ3n) is 3.64. The van der Waals surface area contributed by atoms with Gasteiger partial charge in [0.25, 0.3) is 0 Å². The molecule has 0 aromatic heterocycles. The molecule has 1 heterocycles. The van der Waals surface area contributed by atoms with Crippen LogP contribution in [-0.2, 0) is 4.74 Å². The monoisotopic (exact) mass is 242 g/mol. The topological polar surface area (TPSA) is 38.5 Å². The highest BCUT2D eigenvalue weighted by atomic mass is 16.5. The first-order valence-electron chi connectivity index (χ1n) is 6.97. The van der Waals surface area contributed by atoms with Crippen molar-refractivity contribution in [2.75, 3.05) is 19.7 Å². The van der Waals surface area contributed by atoms with Crippen molar-refractivity contribution in [2.45, 2.75) is 65.6 Å². The molecule has 1 aliphatic rings. The van der Waals surface area contributed by atoms with Crippen LogP contribution in [0.4, 0.5) is 0 Å². The molecular formula is C14H30N2O. The van der Waals surface area contributed by atoms with Crippen molar-refractivity contribution in [3.63, 3.8) is 0 Å². The van der Waals surface area contributed by atoms with Gasteiger partial charge in [0.2, 0.25) is 0 Å². The maximum atomic E-state index is 6.35. The molecule has 1 saturated heterocycles. The summed E-state index contributed by atoms with van der Waals surface area (Å²) >= 11 is 0. The molecule has 102 valence electrons. The van der Waals surface area contributed by atoms with E-state index in [1.165, 1.54) is 0 Å². The van der Waals surface area contributed by atoms with Crippen LogP contribution < -0.4 is 5.73 Å². The first-order chi connectivity index (χ1) is 7.86. The van der Waals surface area contributed by atoms with Gasteiger partial charge in [0.15, 0.2) is 0 Å². The van der Waals surface area contributed by atoms with Crippen molar-refractivity contribution in [2.24, 2.45) is 11.1 Å². The number of nitrogens with zero attached hydrogens (tertiary/aromatic N) is 1. The lowest BCUT2D eigenvalue weighted by atomic mass is 9.80. The fourth-order valence-corrected chi connectivity index (χ4v) is 2.96. The molecule has 0 saturated carbocycles. The zero-order chi connectivity index (χ0) is 13.1. The van der Waals surface area contributed by atoms with Crippen molar-refractivity contribution in [1.82, 2.24) is 4.90 Å². The summed E-state index contributed by atoms with van der Waals surface area (Å²) in [6.07, 6.45) is 2.48. The summed E-state index contributed by atoms with van der Waals surface area (Å²) in [5, 5.41) is 0. The second-order valence-electron chi connectivity index (χ2n) is 6.41. The van der Waals surface area contributed by atoms with E-state index in [2.05, 4.69) is 39.5 Å². The Morgan fingerprint density at radius 3 is 2.59 bits per heavy atom. The Hall–Kier alpha value is -0.120. The maximum Gasteiger partial charge on any atom is 0.0674 e. The van der Waals surface area contributed by atoms with Gasteiger partial charge in [-0.05, 0) is 25.2 Å². The van der Waals surface area contributed by atoms with E-state index in [1.807, 2.05) is 0 Å². The van der Waals surface area contributed by atoms with Crippen LogP contribution in [0.5, 0.6) is 0 Å². The summed E-state index contributed by atoms with van der Waals surface area (Å²) in [4.78, 5) is 2.55. The first kappa shape index (κ1) is 14.9. The highest BCUT2D eigenvalue weighted by Crippen LogP contribution is 2.28.